The quantitative estimate of drug-likeness (QED) is 0.269. The van der Waals surface area contributed by atoms with Crippen LogP contribution in [0.2, 0.25) is 0 Å². The second-order valence-electron chi connectivity index (χ2n) is 8.89. The first-order chi connectivity index (χ1) is 14.7. The molecule has 0 atom stereocenters. The Bertz CT molecular complexity index is 1640. The molecule has 0 unspecified atom stereocenters. The van der Waals surface area contributed by atoms with Gasteiger partial charge in [0, 0.05) is 21.5 Å². The number of nitrogens with zero attached hydrogens (tertiary/aromatic N) is 1. The van der Waals surface area contributed by atoms with Gasteiger partial charge in [-0.2, -0.15) is 0 Å². The van der Waals surface area contributed by atoms with Crippen molar-refractivity contribution in [2.45, 2.75) is 19.8 Å². The summed E-state index contributed by atoms with van der Waals surface area (Å²) in [6.07, 6.45) is 0. The van der Waals surface area contributed by atoms with E-state index in [4.69, 9.17) is 0 Å². The van der Waals surface area contributed by atoms with Crippen LogP contribution in [0.5, 0.6) is 0 Å². The van der Waals surface area contributed by atoms with Gasteiger partial charge in [-0.3, -0.25) is 0 Å². The molecule has 0 N–H and O–H groups in total. The van der Waals surface area contributed by atoms with Crippen LogP contribution in [0.3, 0.4) is 0 Å². The van der Waals surface area contributed by atoms with Crippen molar-refractivity contribution in [2.75, 3.05) is 0 Å². The fourth-order valence-electron chi connectivity index (χ4n) is 5.27. The first kappa shape index (κ1) is 16.2. The van der Waals surface area contributed by atoms with Crippen molar-refractivity contribution < 1.29 is 0 Å². The van der Waals surface area contributed by atoms with Crippen LogP contribution < -0.4 is 0 Å². The lowest BCUT2D eigenvalue weighted by atomic mass is 9.96. The van der Waals surface area contributed by atoms with E-state index in [-0.39, 0.29) is 0 Å². The minimum Gasteiger partial charge on any atom is -0.308 e. The number of benzene rings is 5. The smallest absolute Gasteiger partial charge is 0.0620 e. The van der Waals surface area contributed by atoms with Crippen LogP contribution in [0.4, 0.5) is 0 Å². The van der Waals surface area contributed by atoms with E-state index in [0.29, 0.717) is 5.92 Å². The molecule has 0 amide bonds. The first-order valence-corrected chi connectivity index (χ1v) is 10.7. The van der Waals surface area contributed by atoms with Gasteiger partial charge in [-0.25, -0.2) is 0 Å². The Kier molecular flexibility index (Phi) is 2.99. The molecule has 0 aliphatic carbocycles. The van der Waals surface area contributed by atoms with Crippen LogP contribution in [-0.4, -0.2) is 4.40 Å². The van der Waals surface area contributed by atoms with E-state index < -0.39 is 0 Å². The lowest BCUT2D eigenvalue weighted by molar-refractivity contribution is 0.870. The molecule has 5 aromatic carbocycles. The van der Waals surface area contributed by atoms with Gasteiger partial charge in [0.25, 0.3) is 0 Å². The highest BCUT2D eigenvalue weighted by atomic mass is 14.9. The van der Waals surface area contributed by atoms with Crippen LogP contribution in [0.25, 0.3) is 59.6 Å². The Morgan fingerprint density at radius 1 is 0.533 bits per heavy atom. The molecule has 7 rings (SSSR count). The summed E-state index contributed by atoms with van der Waals surface area (Å²) in [5.74, 6) is 0.494. The molecule has 142 valence electrons. The molecule has 2 heterocycles. The molecule has 0 radical (unpaired) electrons. The fourth-order valence-corrected chi connectivity index (χ4v) is 5.27. The molecule has 30 heavy (non-hydrogen) atoms. The van der Waals surface area contributed by atoms with Gasteiger partial charge in [-0.15, -0.1) is 0 Å². The third-order valence-corrected chi connectivity index (χ3v) is 6.81. The van der Waals surface area contributed by atoms with Crippen LogP contribution >= 0.6 is 0 Å². The lowest BCUT2D eigenvalue weighted by Gasteiger charge is -2.07. The van der Waals surface area contributed by atoms with Gasteiger partial charge < -0.3 is 4.40 Å². The Labute approximate surface area is 174 Å². The van der Waals surface area contributed by atoms with E-state index in [9.17, 15) is 0 Å². The van der Waals surface area contributed by atoms with E-state index >= 15 is 0 Å². The summed E-state index contributed by atoms with van der Waals surface area (Å²) < 4.78 is 2.50. The molecular formula is C29H21N. The predicted molar refractivity (Wildman–Crippen MR) is 130 cm³/mol. The number of rotatable bonds is 1. The molecule has 1 heteroatoms. The lowest BCUT2D eigenvalue weighted by Crippen LogP contribution is -1.86. The zero-order valence-corrected chi connectivity index (χ0v) is 17.1. The average molecular weight is 383 g/mol. The van der Waals surface area contributed by atoms with Crippen LogP contribution in [0, 0.1) is 0 Å². The first-order valence-electron chi connectivity index (χ1n) is 10.7. The highest BCUT2D eigenvalue weighted by molar-refractivity contribution is 6.26. The predicted octanol–water partition coefficient (Wildman–Crippen LogP) is 8.27. The molecule has 0 aliphatic heterocycles. The van der Waals surface area contributed by atoms with Crippen LogP contribution in [0.15, 0.2) is 84.9 Å². The summed E-state index contributed by atoms with van der Waals surface area (Å²) in [5, 5.41) is 10.7. The van der Waals surface area contributed by atoms with E-state index in [1.807, 2.05) is 0 Å². The Hall–Kier alpha value is -3.58. The van der Waals surface area contributed by atoms with Gasteiger partial charge in [0.05, 0.1) is 16.6 Å². The number of aromatic nitrogens is 1. The second-order valence-corrected chi connectivity index (χ2v) is 8.89. The number of hydrogen-bond acceptors (Lipinski definition) is 0. The van der Waals surface area contributed by atoms with Crippen molar-refractivity contribution in [2.24, 2.45) is 0 Å². The van der Waals surface area contributed by atoms with E-state index in [2.05, 4.69) is 103 Å². The van der Waals surface area contributed by atoms with Gasteiger partial charge >= 0.3 is 0 Å². The maximum absolute atomic E-state index is 2.50. The molecule has 1 nitrogen and oxygen atoms in total. The Morgan fingerprint density at radius 2 is 0.967 bits per heavy atom. The largest absolute Gasteiger partial charge is 0.308 e. The standard InChI is InChI=1S/C29H21N/c1-17(2)22-13-25-23-11-18-7-3-5-9-20(18)15-27(23)30-28-16-21-10-6-4-8-19(21)12-24(28)26(14-22)29(25)30/h3-17H,1-2H3. The summed E-state index contributed by atoms with van der Waals surface area (Å²) in [5.41, 5.74) is 5.38. The third-order valence-electron chi connectivity index (χ3n) is 6.81. The topological polar surface area (TPSA) is 4.41 Å². The van der Waals surface area contributed by atoms with Crippen molar-refractivity contribution in [3.05, 3.63) is 90.5 Å². The maximum Gasteiger partial charge on any atom is 0.0620 e. The number of hydrogen-bond donors (Lipinski definition) is 0. The summed E-state index contributed by atoms with van der Waals surface area (Å²) in [6, 6.07) is 31.7. The molecule has 0 fully saturated rings. The van der Waals surface area contributed by atoms with Gasteiger partial charge in [0.1, 0.15) is 0 Å². The molecule has 7 aromatic rings. The van der Waals surface area contributed by atoms with Crippen molar-refractivity contribution in [1.29, 1.82) is 0 Å². The normalized spacial score (nSPS) is 12.6. The summed E-state index contributed by atoms with van der Waals surface area (Å²) >= 11 is 0. The molecule has 2 aromatic heterocycles. The zero-order valence-electron chi connectivity index (χ0n) is 17.1. The zero-order chi connectivity index (χ0) is 20.0. The van der Waals surface area contributed by atoms with Gasteiger partial charge in [0.15, 0.2) is 0 Å². The number of fused-ring (bicyclic) bond motifs is 8. The Morgan fingerprint density at radius 3 is 1.40 bits per heavy atom. The molecular weight excluding hydrogens is 362 g/mol. The van der Waals surface area contributed by atoms with E-state index in [1.165, 1.54) is 65.2 Å². The van der Waals surface area contributed by atoms with E-state index in [0.717, 1.165) is 0 Å². The second kappa shape index (κ2) is 5.52. The highest BCUT2D eigenvalue weighted by Crippen LogP contribution is 2.42. The average Bonchev–Trinajstić information content (AvgIpc) is 3.26. The molecule has 0 bridgehead atoms. The maximum atomic E-state index is 2.50. The third kappa shape index (κ3) is 1.97. The van der Waals surface area contributed by atoms with Gasteiger partial charge in [-0.1, -0.05) is 62.4 Å². The minimum absolute atomic E-state index is 0.494. The molecule has 0 saturated heterocycles. The van der Waals surface area contributed by atoms with Gasteiger partial charge in [-0.05, 0) is 69.4 Å². The minimum atomic E-state index is 0.494. The van der Waals surface area contributed by atoms with Crippen molar-refractivity contribution >= 4 is 59.6 Å². The summed E-state index contributed by atoms with van der Waals surface area (Å²) in [4.78, 5) is 0. The van der Waals surface area contributed by atoms with Crippen LogP contribution in [0.1, 0.15) is 25.3 Å². The highest BCUT2D eigenvalue weighted by Gasteiger charge is 2.20. The Balaban J connectivity index is 1.81. The van der Waals surface area contributed by atoms with Crippen molar-refractivity contribution in [3.63, 3.8) is 0 Å². The van der Waals surface area contributed by atoms with Crippen LogP contribution in [-0.2, 0) is 0 Å². The fraction of sp³-hybridized carbons (Fsp3) is 0.103. The summed E-state index contributed by atoms with van der Waals surface area (Å²) in [6.45, 7) is 4.58. The van der Waals surface area contributed by atoms with Crippen molar-refractivity contribution in [3.8, 4) is 0 Å². The summed E-state index contributed by atoms with van der Waals surface area (Å²) in [7, 11) is 0. The SMILES string of the molecule is CC(C)c1cc2c3cc4ccccc4cc3n3c4cc5ccccc5cc4c(c1)c23. The molecule has 0 saturated carbocycles. The molecule has 0 spiro atoms. The van der Waals surface area contributed by atoms with E-state index in [1.54, 1.807) is 0 Å². The monoisotopic (exact) mass is 383 g/mol. The van der Waals surface area contributed by atoms with Gasteiger partial charge in [0.2, 0.25) is 0 Å². The van der Waals surface area contributed by atoms with Crippen molar-refractivity contribution in [1.82, 2.24) is 4.40 Å². The molecule has 0 aliphatic rings.